The number of anilines is 2. The Kier molecular flexibility index (Phi) is 4.01. The quantitative estimate of drug-likeness (QED) is 0.926. The maximum Gasteiger partial charge on any atom is 0.155 e. The molecule has 2 aromatic rings. The van der Waals surface area contributed by atoms with E-state index in [-0.39, 0.29) is 0 Å². The van der Waals surface area contributed by atoms with E-state index in [1.54, 1.807) is 6.20 Å². The number of hydrogen-bond donors (Lipinski definition) is 1. The average molecular weight is 283 g/mol. The van der Waals surface area contributed by atoms with Gasteiger partial charge in [-0.3, -0.25) is 0 Å². The number of rotatable bonds is 3. The summed E-state index contributed by atoms with van der Waals surface area (Å²) in [6.45, 7) is 6.50. The standard InChI is InChI=1S/C16H21N5/c1-13-3-2-4-15(11-13)20-7-9-21(10-8-20)16-14(12-17)5-6-18-19-16/h2-6,11H,7-10,12,17H2,1H3. The van der Waals surface area contributed by atoms with Crippen LogP contribution >= 0.6 is 0 Å². The largest absolute Gasteiger partial charge is 0.368 e. The Morgan fingerprint density at radius 2 is 1.86 bits per heavy atom. The predicted molar refractivity (Wildman–Crippen MR) is 85.5 cm³/mol. The number of hydrogen-bond acceptors (Lipinski definition) is 5. The van der Waals surface area contributed by atoms with E-state index in [1.807, 2.05) is 6.07 Å². The lowest BCUT2D eigenvalue weighted by Gasteiger charge is -2.37. The zero-order valence-corrected chi connectivity index (χ0v) is 12.4. The topological polar surface area (TPSA) is 58.3 Å². The van der Waals surface area contributed by atoms with Crippen LogP contribution in [0.4, 0.5) is 11.5 Å². The van der Waals surface area contributed by atoms with Gasteiger partial charge in [0.15, 0.2) is 5.82 Å². The highest BCUT2D eigenvalue weighted by Crippen LogP contribution is 2.21. The fraction of sp³-hybridized carbons (Fsp3) is 0.375. The van der Waals surface area contributed by atoms with Gasteiger partial charge in [-0.05, 0) is 30.7 Å². The van der Waals surface area contributed by atoms with Crippen molar-refractivity contribution in [2.45, 2.75) is 13.5 Å². The van der Waals surface area contributed by atoms with Crippen LogP contribution in [0.25, 0.3) is 0 Å². The first kappa shape index (κ1) is 13.8. The summed E-state index contributed by atoms with van der Waals surface area (Å²) in [5.74, 6) is 0.934. The zero-order chi connectivity index (χ0) is 14.7. The molecule has 1 aromatic carbocycles. The van der Waals surface area contributed by atoms with Gasteiger partial charge >= 0.3 is 0 Å². The van der Waals surface area contributed by atoms with Crippen molar-refractivity contribution in [1.29, 1.82) is 0 Å². The molecule has 0 unspecified atom stereocenters. The Morgan fingerprint density at radius 1 is 1.10 bits per heavy atom. The predicted octanol–water partition coefficient (Wildman–Crippen LogP) is 1.57. The number of nitrogens with two attached hydrogens (primary N) is 1. The van der Waals surface area contributed by atoms with E-state index in [2.05, 4.69) is 51.2 Å². The van der Waals surface area contributed by atoms with E-state index < -0.39 is 0 Å². The first-order valence-corrected chi connectivity index (χ1v) is 7.35. The van der Waals surface area contributed by atoms with Crippen LogP contribution in [-0.4, -0.2) is 36.4 Å². The second kappa shape index (κ2) is 6.10. The van der Waals surface area contributed by atoms with E-state index in [4.69, 9.17) is 5.73 Å². The van der Waals surface area contributed by atoms with E-state index in [0.29, 0.717) is 6.54 Å². The number of piperazine rings is 1. The molecule has 0 bridgehead atoms. The van der Waals surface area contributed by atoms with Crippen molar-refractivity contribution in [3.8, 4) is 0 Å². The molecule has 21 heavy (non-hydrogen) atoms. The van der Waals surface area contributed by atoms with Crippen LogP contribution in [0.1, 0.15) is 11.1 Å². The molecule has 5 heteroatoms. The van der Waals surface area contributed by atoms with Crippen molar-refractivity contribution in [2.24, 2.45) is 5.73 Å². The molecule has 1 aliphatic heterocycles. The summed E-state index contributed by atoms with van der Waals surface area (Å²) >= 11 is 0. The molecule has 5 nitrogen and oxygen atoms in total. The maximum absolute atomic E-state index is 5.79. The summed E-state index contributed by atoms with van der Waals surface area (Å²) in [6.07, 6.45) is 1.70. The van der Waals surface area contributed by atoms with Crippen molar-refractivity contribution in [3.05, 3.63) is 47.7 Å². The fourth-order valence-corrected chi connectivity index (χ4v) is 2.78. The molecule has 0 spiro atoms. The number of aryl methyl sites for hydroxylation is 1. The van der Waals surface area contributed by atoms with Crippen LogP contribution in [0.3, 0.4) is 0 Å². The smallest absolute Gasteiger partial charge is 0.155 e. The van der Waals surface area contributed by atoms with Gasteiger partial charge in [0.1, 0.15) is 0 Å². The highest BCUT2D eigenvalue weighted by molar-refractivity contribution is 5.52. The van der Waals surface area contributed by atoms with Gasteiger partial charge in [0.2, 0.25) is 0 Å². The van der Waals surface area contributed by atoms with Crippen molar-refractivity contribution >= 4 is 11.5 Å². The van der Waals surface area contributed by atoms with E-state index in [9.17, 15) is 0 Å². The summed E-state index contributed by atoms with van der Waals surface area (Å²) in [7, 11) is 0. The third-order valence-electron chi connectivity index (χ3n) is 3.95. The first-order valence-electron chi connectivity index (χ1n) is 7.35. The molecule has 1 aromatic heterocycles. The van der Waals surface area contributed by atoms with Crippen LogP contribution in [0, 0.1) is 6.92 Å². The average Bonchev–Trinajstić information content (AvgIpc) is 2.55. The summed E-state index contributed by atoms with van der Waals surface area (Å²) in [6, 6.07) is 10.6. The summed E-state index contributed by atoms with van der Waals surface area (Å²) in [5.41, 5.74) is 9.45. The third kappa shape index (κ3) is 2.97. The second-order valence-electron chi connectivity index (χ2n) is 5.40. The molecule has 0 saturated carbocycles. The molecule has 0 radical (unpaired) electrons. The minimum absolute atomic E-state index is 0.503. The van der Waals surface area contributed by atoms with Crippen LogP contribution < -0.4 is 15.5 Å². The lowest BCUT2D eigenvalue weighted by molar-refractivity contribution is 0.640. The highest BCUT2D eigenvalue weighted by Gasteiger charge is 2.20. The number of aromatic nitrogens is 2. The Hall–Kier alpha value is -2.14. The molecule has 110 valence electrons. The molecule has 2 heterocycles. The number of benzene rings is 1. The molecule has 1 fully saturated rings. The van der Waals surface area contributed by atoms with Gasteiger partial charge in [-0.15, -0.1) is 5.10 Å². The molecule has 0 amide bonds. The summed E-state index contributed by atoms with van der Waals surface area (Å²) in [4.78, 5) is 4.70. The Bertz CT molecular complexity index is 605. The Balaban J connectivity index is 1.70. The normalized spacial score (nSPS) is 15.3. The fourth-order valence-electron chi connectivity index (χ4n) is 2.78. The molecule has 0 atom stereocenters. The van der Waals surface area contributed by atoms with E-state index in [1.165, 1.54) is 11.3 Å². The zero-order valence-electron chi connectivity index (χ0n) is 12.4. The van der Waals surface area contributed by atoms with Gasteiger partial charge < -0.3 is 15.5 Å². The molecular formula is C16H21N5. The molecule has 1 aliphatic rings. The van der Waals surface area contributed by atoms with Crippen molar-refractivity contribution in [1.82, 2.24) is 10.2 Å². The van der Waals surface area contributed by atoms with Gasteiger partial charge in [-0.1, -0.05) is 12.1 Å². The molecule has 3 rings (SSSR count). The summed E-state index contributed by atoms with van der Waals surface area (Å²) in [5, 5.41) is 8.26. The summed E-state index contributed by atoms with van der Waals surface area (Å²) < 4.78 is 0. The monoisotopic (exact) mass is 283 g/mol. The van der Waals surface area contributed by atoms with Crippen LogP contribution in [0.15, 0.2) is 36.5 Å². The SMILES string of the molecule is Cc1cccc(N2CCN(c3nnccc3CN)CC2)c1. The molecular weight excluding hydrogens is 262 g/mol. The van der Waals surface area contributed by atoms with Gasteiger partial charge in [0.25, 0.3) is 0 Å². The van der Waals surface area contributed by atoms with Crippen molar-refractivity contribution in [3.63, 3.8) is 0 Å². The maximum atomic E-state index is 5.79. The minimum Gasteiger partial charge on any atom is -0.368 e. The van der Waals surface area contributed by atoms with Crippen LogP contribution in [-0.2, 0) is 6.54 Å². The highest BCUT2D eigenvalue weighted by atomic mass is 15.3. The molecule has 1 saturated heterocycles. The van der Waals surface area contributed by atoms with Gasteiger partial charge in [0.05, 0.1) is 6.20 Å². The minimum atomic E-state index is 0.503. The Morgan fingerprint density at radius 3 is 2.57 bits per heavy atom. The van der Waals surface area contributed by atoms with Gasteiger partial charge in [-0.25, -0.2) is 0 Å². The van der Waals surface area contributed by atoms with E-state index in [0.717, 1.165) is 37.6 Å². The Labute approximate surface area is 125 Å². The molecule has 2 N–H and O–H groups in total. The molecule has 0 aliphatic carbocycles. The second-order valence-corrected chi connectivity index (χ2v) is 5.40. The number of nitrogens with zero attached hydrogens (tertiary/aromatic N) is 4. The van der Waals surface area contributed by atoms with Crippen molar-refractivity contribution in [2.75, 3.05) is 36.0 Å². The van der Waals surface area contributed by atoms with Crippen molar-refractivity contribution < 1.29 is 0 Å². The van der Waals surface area contributed by atoms with Gasteiger partial charge in [-0.2, -0.15) is 5.10 Å². The lowest BCUT2D eigenvalue weighted by atomic mass is 10.2. The third-order valence-corrected chi connectivity index (χ3v) is 3.95. The van der Waals surface area contributed by atoms with E-state index >= 15 is 0 Å². The van der Waals surface area contributed by atoms with Crippen LogP contribution in [0.5, 0.6) is 0 Å². The lowest BCUT2D eigenvalue weighted by Crippen LogP contribution is -2.47. The van der Waals surface area contributed by atoms with Gasteiger partial charge in [0, 0.05) is 44.0 Å². The van der Waals surface area contributed by atoms with Crippen LogP contribution in [0.2, 0.25) is 0 Å². The first-order chi connectivity index (χ1) is 10.3.